The minimum atomic E-state index is -0.750. The summed E-state index contributed by atoms with van der Waals surface area (Å²) < 4.78 is 5.60. The fraction of sp³-hybridized carbons (Fsp3) is 0. The molecule has 3 rings (SSSR count). The number of amides is 1. The van der Waals surface area contributed by atoms with Gasteiger partial charge in [-0.1, -0.05) is 11.6 Å². The van der Waals surface area contributed by atoms with Crippen LogP contribution < -0.4 is 11.3 Å². The minimum Gasteiger partial charge on any atom is -0.438 e. The van der Waals surface area contributed by atoms with Gasteiger partial charge in [0.15, 0.2) is 0 Å². The lowest BCUT2D eigenvalue weighted by Crippen LogP contribution is -2.21. The van der Waals surface area contributed by atoms with Gasteiger partial charge in [0.2, 0.25) is 5.55 Å². The molecule has 1 amide bonds. The van der Waals surface area contributed by atoms with Crippen molar-refractivity contribution >= 4 is 39.9 Å². The van der Waals surface area contributed by atoms with E-state index in [1.165, 1.54) is 24.3 Å². The number of carbonyl (C=O) groups is 1. The smallest absolute Gasteiger partial charge is 0.270 e. The van der Waals surface area contributed by atoms with E-state index in [0.717, 1.165) is 0 Å². The first-order valence-corrected chi connectivity index (χ1v) is 7.14. The van der Waals surface area contributed by atoms with E-state index in [9.17, 15) is 14.9 Å². The monoisotopic (exact) mass is 343 g/mol. The number of benzene rings is 2. The van der Waals surface area contributed by atoms with Crippen molar-refractivity contribution in [1.29, 1.82) is 0 Å². The van der Waals surface area contributed by atoms with Gasteiger partial charge in [0.1, 0.15) is 11.1 Å². The van der Waals surface area contributed by atoms with E-state index in [1.54, 1.807) is 24.3 Å². The van der Waals surface area contributed by atoms with Gasteiger partial charge in [-0.05, 0) is 36.4 Å². The van der Waals surface area contributed by atoms with Gasteiger partial charge in [-0.15, -0.1) is 0 Å². The van der Waals surface area contributed by atoms with E-state index in [0.29, 0.717) is 21.7 Å². The first-order chi connectivity index (χ1) is 11.4. The summed E-state index contributed by atoms with van der Waals surface area (Å²) in [6.45, 7) is 0. The Bertz CT molecular complexity index is 1030. The molecule has 0 bridgehead atoms. The van der Waals surface area contributed by atoms with E-state index >= 15 is 0 Å². The molecule has 0 saturated carbocycles. The number of fused-ring (bicyclic) bond motifs is 1. The first-order valence-electron chi connectivity index (χ1n) is 6.76. The average Bonchev–Trinajstić information content (AvgIpc) is 2.55. The molecule has 24 heavy (non-hydrogen) atoms. The van der Waals surface area contributed by atoms with Crippen molar-refractivity contribution in [1.82, 2.24) is 0 Å². The maximum atomic E-state index is 11.7. The first kappa shape index (κ1) is 15.7. The molecule has 8 heteroatoms. The summed E-state index contributed by atoms with van der Waals surface area (Å²) >= 11 is 5.82. The molecule has 0 spiro atoms. The van der Waals surface area contributed by atoms with Crippen molar-refractivity contribution in [3.63, 3.8) is 0 Å². The van der Waals surface area contributed by atoms with E-state index in [4.69, 9.17) is 21.8 Å². The van der Waals surface area contributed by atoms with Gasteiger partial charge in [-0.25, -0.2) is 4.99 Å². The summed E-state index contributed by atoms with van der Waals surface area (Å²) in [7, 11) is 0. The van der Waals surface area contributed by atoms with Gasteiger partial charge in [-0.3, -0.25) is 14.9 Å². The molecule has 7 nitrogen and oxygen atoms in total. The van der Waals surface area contributed by atoms with Crippen LogP contribution in [0.1, 0.15) is 10.4 Å². The van der Waals surface area contributed by atoms with E-state index in [1.807, 2.05) is 0 Å². The number of rotatable bonds is 3. The fourth-order valence-electron chi connectivity index (χ4n) is 2.12. The van der Waals surface area contributed by atoms with Crippen LogP contribution in [0.4, 0.5) is 11.4 Å². The molecule has 0 aliphatic heterocycles. The number of hydrogen-bond acceptors (Lipinski definition) is 5. The molecule has 1 aromatic heterocycles. The highest BCUT2D eigenvalue weighted by atomic mass is 35.5. The maximum Gasteiger partial charge on any atom is 0.270 e. The largest absolute Gasteiger partial charge is 0.438 e. The number of halogens is 1. The quantitative estimate of drug-likeness (QED) is 0.580. The predicted octanol–water partition coefficient (Wildman–Crippen LogP) is 3.33. The van der Waals surface area contributed by atoms with Crippen LogP contribution in [0.15, 0.2) is 57.9 Å². The van der Waals surface area contributed by atoms with Crippen LogP contribution >= 0.6 is 11.6 Å². The van der Waals surface area contributed by atoms with Gasteiger partial charge < -0.3 is 10.2 Å². The summed E-state index contributed by atoms with van der Waals surface area (Å²) in [5.41, 5.74) is 6.16. The molecule has 0 unspecified atom stereocenters. The zero-order valence-corrected chi connectivity index (χ0v) is 12.9. The normalized spacial score (nSPS) is 11.6. The molecule has 0 fully saturated rings. The summed E-state index contributed by atoms with van der Waals surface area (Å²) in [4.78, 5) is 26.2. The summed E-state index contributed by atoms with van der Waals surface area (Å²) in [5.74, 6) is -0.750. The number of non-ortho nitro benzene ring substituents is 1. The van der Waals surface area contributed by atoms with Crippen LogP contribution in [0, 0.1) is 10.1 Å². The second-order valence-electron chi connectivity index (χ2n) is 4.90. The zero-order valence-electron chi connectivity index (χ0n) is 12.1. The number of carbonyl (C=O) groups excluding carboxylic acids is 1. The molecule has 120 valence electrons. The third kappa shape index (κ3) is 3.11. The van der Waals surface area contributed by atoms with Crippen molar-refractivity contribution in [2.45, 2.75) is 0 Å². The Morgan fingerprint density at radius 3 is 2.50 bits per heavy atom. The molecular formula is C16H10ClN3O4. The van der Waals surface area contributed by atoms with Gasteiger partial charge in [-0.2, -0.15) is 0 Å². The van der Waals surface area contributed by atoms with E-state index < -0.39 is 10.8 Å². The van der Waals surface area contributed by atoms with Crippen molar-refractivity contribution in [2.75, 3.05) is 0 Å². The highest BCUT2D eigenvalue weighted by molar-refractivity contribution is 6.30. The van der Waals surface area contributed by atoms with Gasteiger partial charge in [0.25, 0.3) is 11.6 Å². The number of primary amides is 1. The van der Waals surface area contributed by atoms with Crippen molar-refractivity contribution < 1.29 is 14.1 Å². The SMILES string of the molecule is NC(=O)c1cc2cc([N+](=O)[O-])ccc2oc1=Nc1ccc(Cl)cc1. The standard InChI is InChI=1S/C16H10ClN3O4/c17-10-1-3-11(4-2-10)19-16-13(15(18)21)8-9-7-12(20(22)23)5-6-14(9)24-16/h1-8H,(H2,18,21). The Balaban J connectivity index is 2.25. The number of nitrogens with two attached hydrogens (primary N) is 1. The van der Waals surface area contributed by atoms with E-state index in [-0.39, 0.29) is 16.8 Å². The second kappa shape index (κ2) is 6.13. The fourth-order valence-corrected chi connectivity index (χ4v) is 2.25. The van der Waals surface area contributed by atoms with Crippen molar-refractivity contribution in [3.8, 4) is 0 Å². The molecule has 0 atom stereocenters. The van der Waals surface area contributed by atoms with Gasteiger partial charge in [0, 0.05) is 22.5 Å². The number of nitro benzene ring substituents is 1. The second-order valence-corrected chi connectivity index (χ2v) is 5.33. The molecule has 1 heterocycles. The molecule has 3 aromatic rings. The number of nitrogens with zero attached hydrogens (tertiary/aromatic N) is 2. The molecule has 2 aromatic carbocycles. The summed E-state index contributed by atoms with van der Waals surface area (Å²) in [6, 6.07) is 12.1. The van der Waals surface area contributed by atoms with Gasteiger partial charge in [0.05, 0.1) is 10.6 Å². The number of nitro groups is 1. The van der Waals surface area contributed by atoms with Crippen molar-refractivity contribution in [2.24, 2.45) is 10.7 Å². The maximum absolute atomic E-state index is 11.7. The Labute approximate surface area is 140 Å². The van der Waals surface area contributed by atoms with Crippen LogP contribution in [0.2, 0.25) is 5.02 Å². The van der Waals surface area contributed by atoms with Crippen LogP contribution in [0.25, 0.3) is 11.0 Å². The molecule has 2 N–H and O–H groups in total. The number of hydrogen-bond donors (Lipinski definition) is 1. The van der Waals surface area contributed by atoms with E-state index in [2.05, 4.69) is 4.99 Å². The van der Waals surface area contributed by atoms with Crippen LogP contribution in [0.5, 0.6) is 0 Å². The Morgan fingerprint density at radius 1 is 1.17 bits per heavy atom. The lowest BCUT2D eigenvalue weighted by atomic mass is 10.1. The zero-order chi connectivity index (χ0) is 17.3. The van der Waals surface area contributed by atoms with Crippen molar-refractivity contribution in [3.05, 3.63) is 74.8 Å². The molecular weight excluding hydrogens is 334 g/mol. The van der Waals surface area contributed by atoms with Crippen LogP contribution in [0.3, 0.4) is 0 Å². The summed E-state index contributed by atoms with van der Waals surface area (Å²) in [5, 5.41) is 11.8. The van der Waals surface area contributed by atoms with Crippen LogP contribution in [-0.2, 0) is 0 Å². The molecule has 0 radical (unpaired) electrons. The predicted molar refractivity (Wildman–Crippen MR) is 88.1 cm³/mol. The minimum absolute atomic E-state index is 0.0196. The lowest BCUT2D eigenvalue weighted by Gasteiger charge is -2.02. The molecule has 0 aliphatic rings. The van der Waals surface area contributed by atoms with Gasteiger partial charge >= 0.3 is 0 Å². The highest BCUT2D eigenvalue weighted by Crippen LogP contribution is 2.21. The third-order valence-corrected chi connectivity index (χ3v) is 3.52. The molecule has 0 aliphatic carbocycles. The lowest BCUT2D eigenvalue weighted by molar-refractivity contribution is -0.384. The Kier molecular flexibility index (Phi) is 4.01. The Hall–Kier alpha value is -3.19. The Morgan fingerprint density at radius 2 is 1.88 bits per heavy atom. The highest BCUT2D eigenvalue weighted by Gasteiger charge is 2.12. The average molecular weight is 344 g/mol. The van der Waals surface area contributed by atoms with Crippen LogP contribution in [-0.4, -0.2) is 10.8 Å². The topological polar surface area (TPSA) is 112 Å². The summed E-state index contributed by atoms with van der Waals surface area (Å²) in [6.07, 6.45) is 0. The third-order valence-electron chi connectivity index (χ3n) is 3.26. The molecule has 0 saturated heterocycles.